The Kier molecular flexibility index (Phi) is 4.17. The quantitative estimate of drug-likeness (QED) is 0.506. The lowest BCUT2D eigenvalue weighted by Gasteiger charge is -1.99. The van der Waals surface area contributed by atoms with E-state index in [1.54, 1.807) is 29.0 Å². The van der Waals surface area contributed by atoms with Gasteiger partial charge in [0.15, 0.2) is 0 Å². The van der Waals surface area contributed by atoms with Crippen molar-refractivity contribution in [3.05, 3.63) is 71.3 Å². The standard InChI is InChI=1S/C19H13N5OS/c1-13-21-19(23-25-13)14(11-20)10-15-12-24(16-6-3-2-4-7-16)22-18(15)17-8-5-9-26-17/h2-10,12H,1H3. The summed E-state index contributed by atoms with van der Waals surface area (Å²) in [4.78, 5) is 5.16. The van der Waals surface area contributed by atoms with Gasteiger partial charge in [-0.1, -0.05) is 29.4 Å². The third kappa shape index (κ3) is 3.06. The first kappa shape index (κ1) is 16.0. The minimum Gasteiger partial charge on any atom is -0.339 e. The first-order valence-electron chi connectivity index (χ1n) is 7.86. The maximum Gasteiger partial charge on any atom is 0.223 e. The van der Waals surface area contributed by atoms with Crippen molar-refractivity contribution in [3.8, 4) is 22.3 Å². The van der Waals surface area contributed by atoms with Crippen LogP contribution >= 0.6 is 11.3 Å². The SMILES string of the molecule is Cc1nc(C(C#N)=Cc2cn(-c3ccccc3)nc2-c2cccs2)no1. The molecule has 7 heteroatoms. The molecule has 0 amide bonds. The summed E-state index contributed by atoms with van der Waals surface area (Å²) in [5.74, 6) is 0.689. The fourth-order valence-electron chi connectivity index (χ4n) is 2.52. The number of allylic oxidation sites excluding steroid dienone is 1. The molecule has 0 aliphatic heterocycles. The lowest BCUT2D eigenvalue weighted by atomic mass is 10.1. The van der Waals surface area contributed by atoms with E-state index in [2.05, 4.69) is 16.2 Å². The smallest absolute Gasteiger partial charge is 0.223 e. The summed E-state index contributed by atoms with van der Waals surface area (Å²) >= 11 is 1.60. The van der Waals surface area contributed by atoms with Crippen LogP contribution in [-0.2, 0) is 0 Å². The molecule has 0 unspecified atom stereocenters. The third-order valence-electron chi connectivity index (χ3n) is 3.71. The molecule has 6 nitrogen and oxygen atoms in total. The minimum atomic E-state index is 0.273. The Morgan fingerprint density at radius 3 is 2.73 bits per heavy atom. The Bertz CT molecular complexity index is 1100. The summed E-state index contributed by atoms with van der Waals surface area (Å²) < 4.78 is 6.79. The number of benzene rings is 1. The number of aryl methyl sites for hydroxylation is 1. The predicted octanol–water partition coefficient (Wildman–Crippen LogP) is 4.36. The third-order valence-corrected chi connectivity index (χ3v) is 4.58. The number of aromatic nitrogens is 4. The molecule has 0 aliphatic rings. The summed E-state index contributed by atoms with van der Waals surface area (Å²) in [5.41, 5.74) is 2.89. The van der Waals surface area contributed by atoms with Crippen LogP contribution < -0.4 is 0 Å². The molecule has 0 aliphatic carbocycles. The van der Waals surface area contributed by atoms with E-state index in [-0.39, 0.29) is 5.82 Å². The maximum atomic E-state index is 9.53. The summed E-state index contributed by atoms with van der Waals surface area (Å²) in [7, 11) is 0. The van der Waals surface area contributed by atoms with Gasteiger partial charge in [0.25, 0.3) is 0 Å². The predicted molar refractivity (Wildman–Crippen MR) is 99.4 cm³/mol. The van der Waals surface area contributed by atoms with Crippen molar-refractivity contribution in [2.75, 3.05) is 0 Å². The lowest BCUT2D eigenvalue weighted by molar-refractivity contribution is 0.391. The zero-order valence-corrected chi connectivity index (χ0v) is 14.6. The van der Waals surface area contributed by atoms with Crippen LogP contribution in [0.4, 0.5) is 0 Å². The normalized spacial score (nSPS) is 11.5. The molecule has 0 bridgehead atoms. The number of para-hydroxylation sites is 1. The Hall–Kier alpha value is -3.50. The number of hydrogen-bond donors (Lipinski definition) is 0. The van der Waals surface area contributed by atoms with Gasteiger partial charge in [-0.05, 0) is 29.7 Å². The number of hydrogen-bond acceptors (Lipinski definition) is 6. The Morgan fingerprint density at radius 1 is 1.23 bits per heavy atom. The zero-order valence-electron chi connectivity index (χ0n) is 13.8. The summed E-state index contributed by atoms with van der Waals surface area (Å²) in [6, 6.07) is 16.0. The van der Waals surface area contributed by atoms with Crippen LogP contribution in [-0.4, -0.2) is 19.9 Å². The van der Waals surface area contributed by atoms with E-state index in [0.717, 1.165) is 21.8 Å². The van der Waals surface area contributed by atoms with E-state index in [0.29, 0.717) is 11.5 Å². The van der Waals surface area contributed by atoms with Crippen molar-refractivity contribution < 1.29 is 4.52 Å². The highest BCUT2D eigenvalue weighted by Gasteiger charge is 2.15. The van der Waals surface area contributed by atoms with Gasteiger partial charge in [0.2, 0.25) is 11.7 Å². The number of nitrogens with zero attached hydrogens (tertiary/aromatic N) is 5. The van der Waals surface area contributed by atoms with Gasteiger partial charge >= 0.3 is 0 Å². The van der Waals surface area contributed by atoms with E-state index in [1.807, 2.05) is 54.0 Å². The second-order valence-electron chi connectivity index (χ2n) is 5.50. The van der Waals surface area contributed by atoms with Crippen molar-refractivity contribution in [1.29, 1.82) is 5.26 Å². The minimum absolute atomic E-state index is 0.273. The maximum absolute atomic E-state index is 9.53. The van der Waals surface area contributed by atoms with E-state index in [4.69, 9.17) is 9.62 Å². The monoisotopic (exact) mass is 359 g/mol. The fourth-order valence-corrected chi connectivity index (χ4v) is 3.25. The van der Waals surface area contributed by atoms with Crippen LogP contribution in [0.2, 0.25) is 0 Å². The Balaban J connectivity index is 1.85. The van der Waals surface area contributed by atoms with Crippen molar-refractivity contribution in [2.24, 2.45) is 0 Å². The second-order valence-corrected chi connectivity index (χ2v) is 6.44. The van der Waals surface area contributed by atoms with Gasteiger partial charge in [-0.25, -0.2) is 4.68 Å². The molecule has 4 aromatic rings. The molecular weight excluding hydrogens is 346 g/mol. The van der Waals surface area contributed by atoms with Gasteiger partial charge in [0.1, 0.15) is 17.3 Å². The van der Waals surface area contributed by atoms with Gasteiger partial charge in [-0.2, -0.15) is 15.3 Å². The van der Waals surface area contributed by atoms with E-state index in [9.17, 15) is 5.26 Å². The molecule has 0 fully saturated rings. The van der Waals surface area contributed by atoms with E-state index < -0.39 is 0 Å². The molecule has 0 spiro atoms. The lowest BCUT2D eigenvalue weighted by Crippen LogP contribution is -1.93. The summed E-state index contributed by atoms with van der Waals surface area (Å²) in [6.45, 7) is 1.69. The molecule has 3 aromatic heterocycles. The van der Waals surface area contributed by atoms with Crippen LogP contribution in [0, 0.1) is 18.3 Å². The van der Waals surface area contributed by atoms with Crippen LogP contribution in [0.3, 0.4) is 0 Å². The molecule has 126 valence electrons. The number of rotatable bonds is 4. The molecule has 1 aromatic carbocycles. The second kappa shape index (κ2) is 6.78. The largest absolute Gasteiger partial charge is 0.339 e. The number of thiophene rings is 1. The molecule has 0 atom stereocenters. The van der Waals surface area contributed by atoms with Gasteiger partial charge in [0.05, 0.1) is 10.6 Å². The van der Waals surface area contributed by atoms with Gasteiger partial charge < -0.3 is 4.52 Å². The zero-order chi connectivity index (χ0) is 17.9. The highest BCUT2D eigenvalue weighted by molar-refractivity contribution is 7.13. The highest BCUT2D eigenvalue weighted by atomic mass is 32.1. The van der Waals surface area contributed by atoms with Crippen molar-refractivity contribution in [3.63, 3.8) is 0 Å². The average molecular weight is 359 g/mol. The molecule has 26 heavy (non-hydrogen) atoms. The van der Waals surface area contributed by atoms with Crippen molar-refractivity contribution in [1.82, 2.24) is 19.9 Å². The van der Waals surface area contributed by atoms with E-state index >= 15 is 0 Å². The number of nitriles is 1. The molecule has 0 saturated carbocycles. The van der Waals surface area contributed by atoms with Crippen LogP contribution in [0.5, 0.6) is 0 Å². The first-order valence-corrected chi connectivity index (χ1v) is 8.74. The van der Waals surface area contributed by atoms with Crippen LogP contribution in [0.1, 0.15) is 17.3 Å². The van der Waals surface area contributed by atoms with Crippen molar-refractivity contribution >= 4 is 23.0 Å². The van der Waals surface area contributed by atoms with Gasteiger partial charge in [0, 0.05) is 18.7 Å². The molecule has 0 N–H and O–H groups in total. The van der Waals surface area contributed by atoms with Crippen LogP contribution in [0.15, 0.2) is 58.6 Å². The first-order chi connectivity index (χ1) is 12.7. The van der Waals surface area contributed by atoms with Crippen LogP contribution in [0.25, 0.3) is 27.9 Å². The Labute approximate surface area is 153 Å². The summed E-state index contributed by atoms with van der Waals surface area (Å²) in [6.07, 6.45) is 3.64. The van der Waals surface area contributed by atoms with Gasteiger partial charge in [-0.3, -0.25) is 0 Å². The average Bonchev–Trinajstić information content (AvgIpc) is 3.41. The molecule has 0 radical (unpaired) electrons. The van der Waals surface area contributed by atoms with Crippen molar-refractivity contribution in [2.45, 2.75) is 6.92 Å². The molecule has 4 rings (SSSR count). The highest BCUT2D eigenvalue weighted by Crippen LogP contribution is 2.30. The molecule has 3 heterocycles. The Morgan fingerprint density at radius 2 is 2.08 bits per heavy atom. The summed E-state index contributed by atoms with van der Waals surface area (Å²) in [5, 5.41) is 20.1. The fraction of sp³-hybridized carbons (Fsp3) is 0.0526. The molecule has 0 saturated heterocycles. The molecular formula is C19H13N5OS. The van der Waals surface area contributed by atoms with E-state index in [1.165, 1.54) is 0 Å². The topological polar surface area (TPSA) is 80.5 Å². The van der Waals surface area contributed by atoms with Gasteiger partial charge in [-0.15, -0.1) is 11.3 Å².